The summed E-state index contributed by atoms with van der Waals surface area (Å²) in [6.07, 6.45) is 4.31. The first-order valence-corrected chi connectivity index (χ1v) is 7.73. The Hall–Kier alpha value is -2.44. The summed E-state index contributed by atoms with van der Waals surface area (Å²) in [4.78, 5) is 34.2. The zero-order valence-electron chi connectivity index (χ0n) is 13.0. The maximum absolute atomic E-state index is 12.1. The lowest BCUT2D eigenvalue weighted by atomic mass is 9.95. The second-order valence-corrected chi connectivity index (χ2v) is 5.70. The van der Waals surface area contributed by atoms with E-state index in [1.807, 2.05) is 0 Å². The summed E-state index contributed by atoms with van der Waals surface area (Å²) in [5, 5.41) is 13.6. The third-order valence-corrected chi connectivity index (χ3v) is 3.90. The molecule has 0 spiro atoms. The fourth-order valence-electron chi connectivity index (χ4n) is 2.59. The summed E-state index contributed by atoms with van der Waals surface area (Å²) < 4.78 is 5.10. The van der Waals surface area contributed by atoms with Gasteiger partial charge in [0.05, 0.1) is 10.5 Å². The van der Waals surface area contributed by atoms with Crippen LogP contribution in [0.2, 0.25) is 0 Å². The molecule has 0 unspecified atom stereocenters. The van der Waals surface area contributed by atoms with Crippen molar-refractivity contribution < 1.29 is 19.2 Å². The van der Waals surface area contributed by atoms with Crippen molar-refractivity contribution in [1.29, 1.82) is 0 Å². The van der Waals surface area contributed by atoms with Crippen LogP contribution in [0.1, 0.15) is 49.4 Å². The topological polar surface area (TPSA) is 98.5 Å². The van der Waals surface area contributed by atoms with Gasteiger partial charge in [-0.05, 0) is 25.8 Å². The molecule has 0 heterocycles. The molecule has 23 heavy (non-hydrogen) atoms. The lowest BCUT2D eigenvalue weighted by molar-refractivity contribution is -0.384. The third-order valence-electron chi connectivity index (χ3n) is 3.90. The number of esters is 1. The third kappa shape index (κ3) is 4.77. The van der Waals surface area contributed by atoms with Crippen molar-refractivity contribution in [3.63, 3.8) is 0 Å². The molecule has 1 aromatic rings. The minimum Gasteiger partial charge on any atom is -0.449 e. The van der Waals surface area contributed by atoms with Crippen molar-refractivity contribution in [3.8, 4) is 0 Å². The van der Waals surface area contributed by atoms with E-state index in [0.29, 0.717) is 0 Å². The molecule has 7 heteroatoms. The van der Waals surface area contributed by atoms with Gasteiger partial charge < -0.3 is 10.1 Å². The zero-order valence-corrected chi connectivity index (χ0v) is 13.0. The Balaban J connectivity index is 1.92. The van der Waals surface area contributed by atoms with E-state index < -0.39 is 17.0 Å². The number of carbonyl (C=O) groups is 2. The van der Waals surface area contributed by atoms with Gasteiger partial charge in [0.2, 0.25) is 0 Å². The predicted octanol–water partition coefficient (Wildman–Crippen LogP) is 2.59. The number of nitro groups is 1. The van der Waals surface area contributed by atoms with Crippen molar-refractivity contribution in [2.24, 2.45) is 0 Å². The summed E-state index contributed by atoms with van der Waals surface area (Å²) in [5.74, 6) is -1.09. The quantitative estimate of drug-likeness (QED) is 0.511. The van der Waals surface area contributed by atoms with Gasteiger partial charge in [0.25, 0.3) is 11.6 Å². The lowest BCUT2D eigenvalue weighted by Gasteiger charge is -2.24. The number of nitrogens with one attached hydrogen (secondary N) is 1. The summed E-state index contributed by atoms with van der Waals surface area (Å²) in [7, 11) is 0. The van der Waals surface area contributed by atoms with Crippen LogP contribution in [0.5, 0.6) is 0 Å². The van der Waals surface area contributed by atoms with Gasteiger partial charge in [-0.15, -0.1) is 0 Å². The second kappa shape index (κ2) is 7.71. The van der Waals surface area contributed by atoms with Crippen molar-refractivity contribution >= 4 is 17.6 Å². The number of rotatable bonds is 5. The van der Waals surface area contributed by atoms with E-state index in [1.165, 1.54) is 31.5 Å². The molecule has 1 atom stereocenters. The fourth-order valence-corrected chi connectivity index (χ4v) is 2.59. The van der Waals surface area contributed by atoms with E-state index in [4.69, 9.17) is 4.74 Å². The number of hydrogen-bond donors (Lipinski definition) is 1. The first kappa shape index (κ1) is 16.9. The zero-order chi connectivity index (χ0) is 16.8. The highest BCUT2D eigenvalue weighted by atomic mass is 16.6. The van der Waals surface area contributed by atoms with E-state index in [1.54, 1.807) is 0 Å². The van der Waals surface area contributed by atoms with Gasteiger partial charge in [0, 0.05) is 18.2 Å². The number of hydrogen-bond acceptors (Lipinski definition) is 5. The monoisotopic (exact) mass is 320 g/mol. The van der Waals surface area contributed by atoms with Crippen LogP contribution in [0.3, 0.4) is 0 Å². The molecule has 1 aliphatic rings. The number of ether oxygens (including phenoxy) is 1. The van der Waals surface area contributed by atoms with Gasteiger partial charge in [0.15, 0.2) is 6.10 Å². The number of nitro benzene ring substituents is 1. The molecule has 1 amide bonds. The predicted molar refractivity (Wildman–Crippen MR) is 83.0 cm³/mol. The summed E-state index contributed by atoms with van der Waals surface area (Å²) >= 11 is 0. The molecule has 0 aromatic heterocycles. The Morgan fingerprint density at radius 3 is 2.65 bits per heavy atom. The lowest BCUT2D eigenvalue weighted by Crippen LogP contribution is -2.42. The molecule has 2 rings (SSSR count). The molecule has 7 nitrogen and oxygen atoms in total. The van der Waals surface area contributed by atoms with Crippen molar-refractivity contribution in [2.45, 2.75) is 51.2 Å². The molecule has 0 radical (unpaired) electrons. The number of benzene rings is 1. The molecular weight excluding hydrogens is 300 g/mol. The van der Waals surface area contributed by atoms with Crippen LogP contribution in [-0.2, 0) is 9.53 Å². The van der Waals surface area contributed by atoms with Crippen molar-refractivity contribution in [1.82, 2.24) is 5.32 Å². The van der Waals surface area contributed by atoms with Crippen LogP contribution in [0.4, 0.5) is 5.69 Å². The molecule has 124 valence electrons. The SMILES string of the molecule is C[C@@H](OC(=O)c1cccc([N+](=O)[O-])c1)C(=O)NC1CCCCC1. The minimum atomic E-state index is -0.941. The standard InChI is InChI=1S/C16H20N2O5/c1-11(15(19)17-13-7-3-2-4-8-13)23-16(20)12-6-5-9-14(10-12)18(21)22/h5-6,9-11,13H,2-4,7-8H2,1H3,(H,17,19)/t11-/m1/s1. The highest BCUT2D eigenvalue weighted by Crippen LogP contribution is 2.18. The Morgan fingerprint density at radius 1 is 1.30 bits per heavy atom. The molecule has 1 aromatic carbocycles. The van der Waals surface area contributed by atoms with Crippen LogP contribution < -0.4 is 5.32 Å². The molecule has 1 aliphatic carbocycles. The highest BCUT2D eigenvalue weighted by molar-refractivity contribution is 5.92. The normalized spacial score (nSPS) is 16.4. The number of nitrogens with zero attached hydrogens (tertiary/aromatic N) is 1. The molecule has 0 bridgehead atoms. The maximum atomic E-state index is 12.1. The Labute approximate surface area is 134 Å². The molecule has 0 saturated heterocycles. The van der Waals surface area contributed by atoms with E-state index in [-0.39, 0.29) is 23.2 Å². The Kier molecular flexibility index (Phi) is 5.67. The van der Waals surface area contributed by atoms with Crippen molar-refractivity contribution in [2.75, 3.05) is 0 Å². The van der Waals surface area contributed by atoms with Crippen LogP contribution in [0, 0.1) is 10.1 Å². The molecule has 1 N–H and O–H groups in total. The number of amides is 1. The average Bonchev–Trinajstić information content (AvgIpc) is 2.55. The molecule has 0 aliphatic heterocycles. The van der Waals surface area contributed by atoms with Gasteiger partial charge >= 0.3 is 5.97 Å². The van der Waals surface area contributed by atoms with E-state index in [2.05, 4.69) is 5.32 Å². The minimum absolute atomic E-state index is 0.0523. The van der Waals surface area contributed by atoms with Crippen LogP contribution in [-0.4, -0.2) is 28.9 Å². The Bertz CT molecular complexity index is 596. The van der Waals surface area contributed by atoms with Gasteiger partial charge in [0.1, 0.15) is 0 Å². The largest absolute Gasteiger partial charge is 0.449 e. The van der Waals surface area contributed by atoms with Gasteiger partial charge in [-0.2, -0.15) is 0 Å². The first-order chi connectivity index (χ1) is 11.0. The van der Waals surface area contributed by atoms with E-state index in [0.717, 1.165) is 31.7 Å². The van der Waals surface area contributed by atoms with Crippen LogP contribution in [0.15, 0.2) is 24.3 Å². The Morgan fingerprint density at radius 2 is 2.00 bits per heavy atom. The number of carbonyl (C=O) groups excluding carboxylic acids is 2. The fraction of sp³-hybridized carbons (Fsp3) is 0.500. The molecule has 1 saturated carbocycles. The van der Waals surface area contributed by atoms with E-state index in [9.17, 15) is 19.7 Å². The van der Waals surface area contributed by atoms with Gasteiger partial charge in [-0.3, -0.25) is 14.9 Å². The second-order valence-electron chi connectivity index (χ2n) is 5.70. The average molecular weight is 320 g/mol. The molecule has 1 fully saturated rings. The van der Waals surface area contributed by atoms with Crippen LogP contribution in [0.25, 0.3) is 0 Å². The van der Waals surface area contributed by atoms with Gasteiger partial charge in [-0.25, -0.2) is 4.79 Å². The van der Waals surface area contributed by atoms with Gasteiger partial charge in [-0.1, -0.05) is 25.3 Å². The summed E-state index contributed by atoms with van der Waals surface area (Å²) in [6, 6.07) is 5.38. The highest BCUT2D eigenvalue weighted by Gasteiger charge is 2.23. The molecular formula is C16H20N2O5. The number of non-ortho nitro benzene ring substituents is 1. The van der Waals surface area contributed by atoms with Crippen LogP contribution >= 0.6 is 0 Å². The summed E-state index contributed by atoms with van der Waals surface area (Å²) in [5.41, 5.74) is -0.143. The first-order valence-electron chi connectivity index (χ1n) is 7.73. The smallest absolute Gasteiger partial charge is 0.339 e. The van der Waals surface area contributed by atoms with Crippen molar-refractivity contribution in [3.05, 3.63) is 39.9 Å². The summed E-state index contributed by atoms with van der Waals surface area (Å²) in [6.45, 7) is 1.49. The maximum Gasteiger partial charge on any atom is 0.339 e. The van der Waals surface area contributed by atoms with E-state index >= 15 is 0 Å².